The Labute approximate surface area is 119 Å². The number of ketones is 1. The highest BCUT2D eigenvalue weighted by Crippen LogP contribution is 2.40. The van der Waals surface area contributed by atoms with Crippen molar-refractivity contribution in [2.45, 2.75) is 24.9 Å². The van der Waals surface area contributed by atoms with E-state index < -0.39 is 0 Å². The van der Waals surface area contributed by atoms with Crippen molar-refractivity contribution in [1.29, 1.82) is 0 Å². The van der Waals surface area contributed by atoms with Crippen molar-refractivity contribution in [3.8, 4) is 0 Å². The first-order chi connectivity index (χ1) is 9.13. The molecule has 19 heavy (non-hydrogen) atoms. The third-order valence-corrected chi connectivity index (χ3v) is 4.20. The van der Waals surface area contributed by atoms with Crippen molar-refractivity contribution in [3.05, 3.63) is 34.3 Å². The zero-order valence-electron chi connectivity index (χ0n) is 10.3. The number of piperidine rings is 1. The summed E-state index contributed by atoms with van der Waals surface area (Å²) >= 11 is 3.31. The minimum atomic E-state index is -0.308. The molecule has 1 aromatic carbocycles. The summed E-state index contributed by atoms with van der Waals surface area (Å²) < 4.78 is 5.99. The molecule has 3 atom stereocenters. The first kappa shape index (κ1) is 12.8. The number of ether oxygens (including phenoxy) is 1. The van der Waals surface area contributed by atoms with Gasteiger partial charge in [0.15, 0.2) is 12.4 Å². The van der Waals surface area contributed by atoms with Crippen LogP contribution in [0.5, 0.6) is 0 Å². The predicted molar refractivity (Wildman–Crippen MR) is 72.9 cm³/mol. The van der Waals surface area contributed by atoms with E-state index in [4.69, 9.17) is 4.74 Å². The zero-order chi connectivity index (χ0) is 13.4. The third kappa shape index (κ3) is 2.87. The number of fused-ring (bicyclic) bond motifs is 1. The molecule has 1 aromatic rings. The minimum absolute atomic E-state index is 0.177. The SMILES string of the molecule is O=C(COC(=O)[C@@H]1CC2CC2N1)c1ccc(Br)cc1. The quantitative estimate of drug-likeness (QED) is 0.679. The van der Waals surface area contributed by atoms with Crippen LogP contribution in [0.25, 0.3) is 0 Å². The number of benzene rings is 1. The maximum absolute atomic E-state index is 11.8. The van der Waals surface area contributed by atoms with Crippen LogP contribution in [0.2, 0.25) is 0 Å². The Kier molecular flexibility index (Phi) is 3.41. The second-order valence-electron chi connectivity index (χ2n) is 5.10. The van der Waals surface area contributed by atoms with Crippen molar-refractivity contribution in [2.75, 3.05) is 6.61 Å². The fourth-order valence-corrected chi connectivity index (χ4v) is 2.73. The lowest BCUT2D eigenvalue weighted by atomic mass is 10.1. The Bertz CT molecular complexity index is 504. The van der Waals surface area contributed by atoms with Gasteiger partial charge in [-0.3, -0.25) is 9.59 Å². The molecular weight excluding hydrogens is 310 g/mol. The highest BCUT2D eigenvalue weighted by atomic mass is 79.9. The molecular formula is C14H14BrNO3. The number of esters is 1. The molecule has 2 unspecified atom stereocenters. The van der Waals surface area contributed by atoms with Gasteiger partial charge in [0.25, 0.3) is 0 Å². The molecule has 2 fully saturated rings. The second-order valence-corrected chi connectivity index (χ2v) is 6.01. The van der Waals surface area contributed by atoms with Gasteiger partial charge in [-0.2, -0.15) is 0 Å². The summed E-state index contributed by atoms with van der Waals surface area (Å²) in [5, 5.41) is 3.21. The number of Topliss-reactive ketones (excluding diaryl/α,β-unsaturated/α-hetero) is 1. The van der Waals surface area contributed by atoms with Gasteiger partial charge in [0.05, 0.1) is 0 Å². The van der Waals surface area contributed by atoms with Crippen molar-refractivity contribution in [2.24, 2.45) is 5.92 Å². The molecule has 0 bridgehead atoms. The molecule has 1 aliphatic heterocycles. The van der Waals surface area contributed by atoms with Gasteiger partial charge in [-0.15, -0.1) is 0 Å². The fourth-order valence-electron chi connectivity index (χ4n) is 2.46. The van der Waals surface area contributed by atoms with Gasteiger partial charge in [-0.05, 0) is 30.9 Å². The lowest BCUT2D eigenvalue weighted by molar-refractivity contribution is -0.144. The predicted octanol–water partition coefficient (Wildman–Crippen LogP) is 1.93. The number of rotatable bonds is 4. The van der Waals surface area contributed by atoms with Crippen LogP contribution in [0.15, 0.2) is 28.7 Å². The van der Waals surface area contributed by atoms with Crippen LogP contribution in [0.1, 0.15) is 23.2 Å². The Morgan fingerprint density at radius 1 is 1.26 bits per heavy atom. The summed E-state index contributed by atoms with van der Waals surface area (Å²) in [5.41, 5.74) is 0.554. The Hall–Kier alpha value is -1.20. The first-order valence-corrected chi connectivity index (χ1v) is 7.14. The molecule has 1 heterocycles. The molecule has 3 rings (SSSR count). The molecule has 2 aliphatic rings. The van der Waals surface area contributed by atoms with Crippen LogP contribution in [-0.4, -0.2) is 30.4 Å². The fraction of sp³-hybridized carbons (Fsp3) is 0.429. The van der Waals surface area contributed by atoms with E-state index in [1.165, 1.54) is 6.42 Å². The van der Waals surface area contributed by atoms with Gasteiger partial charge in [0.2, 0.25) is 0 Å². The maximum atomic E-state index is 11.8. The van der Waals surface area contributed by atoms with Gasteiger partial charge in [-0.25, -0.2) is 0 Å². The number of hydrogen-bond donors (Lipinski definition) is 1. The first-order valence-electron chi connectivity index (χ1n) is 6.35. The number of carbonyl (C=O) groups is 2. The van der Waals surface area contributed by atoms with Crippen LogP contribution < -0.4 is 5.32 Å². The summed E-state index contributed by atoms with van der Waals surface area (Å²) in [6.45, 7) is -0.187. The summed E-state index contributed by atoms with van der Waals surface area (Å²) in [6, 6.07) is 7.29. The van der Waals surface area contributed by atoms with Gasteiger partial charge < -0.3 is 10.1 Å². The van der Waals surface area contributed by atoms with Crippen molar-refractivity contribution < 1.29 is 14.3 Å². The molecule has 1 aliphatic carbocycles. The molecule has 1 N–H and O–H groups in total. The largest absolute Gasteiger partial charge is 0.456 e. The molecule has 0 aromatic heterocycles. The Morgan fingerprint density at radius 3 is 2.63 bits per heavy atom. The standard InChI is InChI=1S/C14H14BrNO3/c15-10-3-1-8(2-4-10)13(17)7-19-14(18)12-6-9-5-11(9)16-12/h1-4,9,11-12,16H,5-7H2/t9?,11?,12-/m0/s1. The second kappa shape index (κ2) is 5.06. The lowest BCUT2D eigenvalue weighted by Gasteiger charge is -2.12. The number of nitrogens with one attached hydrogen (secondary N) is 1. The highest BCUT2D eigenvalue weighted by Gasteiger charge is 2.48. The monoisotopic (exact) mass is 323 g/mol. The van der Waals surface area contributed by atoms with Gasteiger partial charge >= 0.3 is 5.97 Å². The molecule has 100 valence electrons. The number of hydrogen-bond acceptors (Lipinski definition) is 4. The van der Waals surface area contributed by atoms with Crippen LogP contribution in [0.4, 0.5) is 0 Å². The zero-order valence-corrected chi connectivity index (χ0v) is 11.9. The molecule has 4 nitrogen and oxygen atoms in total. The van der Waals surface area contributed by atoms with Gasteiger partial charge in [0, 0.05) is 16.1 Å². The Morgan fingerprint density at radius 2 is 2.00 bits per heavy atom. The lowest BCUT2D eigenvalue weighted by Crippen LogP contribution is -2.36. The summed E-state index contributed by atoms with van der Waals surface area (Å²) in [4.78, 5) is 23.6. The van der Waals surface area contributed by atoms with Gasteiger partial charge in [-0.1, -0.05) is 28.1 Å². The maximum Gasteiger partial charge on any atom is 0.323 e. The van der Waals surface area contributed by atoms with Crippen molar-refractivity contribution >= 4 is 27.7 Å². The number of halogens is 1. The van der Waals surface area contributed by atoms with Crippen LogP contribution in [0.3, 0.4) is 0 Å². The molecule has 0 amide bonds. The van der Waals surface area contributed by atoms with E-state index in [2.05, 4.69) is 21.2 Å². The minimum Gasteiger partial charge on any atom is -0.456 e. The normalized spacial score (nSPS) is 27.7. The molecule has 1 saturated carbocycles. The van der Waals surface area contributed by atoms with Crippen LogP contribution >= 0.6 is 15.9 Å². The summed E-state index contributed by atoms with van der Waals surface area (Å²) in [7, 11) is 0. The molecule has 5 heteroatoms. The smallest absolute Gasteiger partial charge is 0.323 e. The van der Waals surface area contributed by atoms with E-state index in [1.54, 1.807) is 24.3 Å². The van der Waals surface area contributed by atoms with Gasteiger partial charge in [0.1, 0.15) is 6.04 Å². The number of carbonyl (C=O) groups excluding carboxylic acids is 2. The molecule has 0 spiro atoms. The van der Waals surface area contributed by atoms with E-state index in [1.807, 2.05) is 0 Å². The summed E-state index contributed by atoms with van der Waals surface area (Å²) in [5.74, 6) is 0.154. The van der Waals surface area contributed by atoms with Crippen LogP contribution in [0, 0.1) is 5.92 Å². The average Bonchev–Trinajstić information content (AvgIpc) is 3.03. The average molecular weight is 324 g/mol. The Balaban J connectivity index is 1.50. The summed E-state index contributed by atoms with van der Waals surface area (Å²) in [6.07, 6.45) is 2.01. The molecule has 1 saturated heterocycles. The highest BCUT2D eigenvalue weighted by molar-refractivity contribution is 9.10. The van der Waals surface area contributed by atoms with Crippen LogP contribution in [-0.2, 0) is 9.53 Å². The molecule has 0 radical (unpaired) electrons. The van der Waals surface area contributed by atoms with Crippen molar-refractivity contribution in [1.82, 2.24) is 5.32 Å². The van der Waals surface area contributed by atoms with E-state index in [0.29, 0.717) is 17.5 Å². The topological polar surface area (TPSA) is 55.4 Å². The van der Waals surface area contributed by atoms with E-state index in [0.717, 1.165) is 10.9 Å². The van der Waals surface area contributed by atoms with E-state index in [9.17, 15) is 9.59 Å². The van der Waals surface area contributed by atoms with Crippen molar-refractivity contribution in [3.63, 3.8) is 0 Å². The third-order valence-electron chi connectivity index (χ3n) is 3.67. The van der Waals surface area contributed by atoms with E-state index >= 15 is 0 Å². The van der Waals surface area contributed by atoms with E-state index in [-0.39, 0.29) is 24.4 Å².